The van der Waals surface area contributed by atoms with Crippen molar-refractivity contribution in [2.45, 2.75) is 38.7 Å². The maximum absolute atomic E-state index is 6.37. The Balaban J connectivity index is 2.08. The van der Waals surface area contributed by atoms with Gasteiger partial charge < -0.3 is 9.47 Å². The number of nitrogens with zero attached hydrogens (tertiary/aromatic N) is 3. The standard InChI is InChI=1S/C15H17Cl2N3O2/c1-3-4-12-8-21-15(22-12,20-9-18-10(2)19-20)13-6-5-11(16)7-14(13)17/h5-7,9,12H,3-4,8H2,1-2H3. The van der Waals surface area contributed by atoms with Crippen LogP contribution in [0.2, 0.25) is 10.0 Å². The Morgan fingerprint density at radius 1 is 1.41 bits per heavy atom. The molecule has 1 aromatic heterocycles. The smallest absolute Gasteiger partial charge is 0.302 e. The number of hydrogen-bond acceptors (Lipinski definition) is 4. The molecule has 3 rings (SSSR count). The van der Waals surface area contributed by atoms with Crippen LogP contribution >= 0.6 is 23.2 Å². The largest absolute Gasteiger partial charge is 0.325 e. The van der Waals surface area contributed by atoms with Gasteiger partial charge in [-0.15, -0.1) is 0 Å². The fourth-order valence-electron chi connectivity index (χ4n) is 2.58. The second-order valence-electron chi connectivity index (χ2n) is 5.28. The van der Waals surface area contributed by atoms with Crippen molar-refractivity contribution in [3.8, 4) is 0 Å². The number of rotatable bonds is 4. The first-order valence-electron chi connectivity index (χ1n) is 7.21. The molecule has 1 saturated heterocycles. The van der Waals surface area contributed by atoms with E-state index in [-0.39, 0.29) is 6.10 Å². The summed E-state index contributed by atoms with van der Waals surface area (Å²) < 4.78 is 13.8. The molecule has 0 saturated carbocycles. The normalized spacial score (nSPS) is 24.8. The van der Waals surface area contributed by atoms with Gasteiger partial charge in [-0.1, -0.05) is 36.5 Å². The molecule has 2 heterocycles. The highest BCUT2D eigenvalue weighted by molar-refractivity contribution is 6.35. The molecule has 22 heavy (non-hydrogen) atoms. The van der Waals surface area contributed by atoms with Crippen molar-refractivity contribution in [3.05, 3.63) is 46.0 Å². The summed E-state index contributed by atoms with van der Waals surface area (Å²) in [6, 6.07) is 5.23. The van der Waals surface area contributed by atoms with Crippen LogP contribution in [0.4, 0.5) is 0 Å². The van der Waals surface area contributed by atoms with Gasteiger partial charge in [-0.05, 0) is 31.5 Å². The first kappa shape index (κ1) is 15.7. The highest BCUT2D eigenvalue weighted by Crippen LogP contribution is 2.40. The van der Waals surface area contributed by atoms with Crippen LogP contribution in [-0.4, -0.2) is 27.5 Å². The van der Waals surface area contributed by atoms with Crippen LogP contribution in [0.25, 0.3) is 0 Å². The van der Waals surface area contributed by atoms with Crippen LogP contribution < -0.4 is 0 Å². The average molecular weight is 342 g/mol. The molecule has 0 radical (unpaired) electrons. The van der Waals surface area contributed by atoms with E-state index < -0.39 is 5.91 Å². The Kier molecular flexibility index (Phi) is 4.41. The summed E-state index contributed by atoms with van der Waals surface area (Å²) in [5.41, 5.74) is 0.669. The third-order valence-electron chi connectivity index (χ3n) is 3.58. The van der Waals surface area contributed by atoms with Crippen molar-refractivity contribution in [3.63, 3.8) is 0 Å². The molecule has 1 aliphatic rings. The van der Waals surface area contributed by atoms with Crippen molar-refractivity contribution in [1.82, 2.24) is 14.8 Å². The zero-order valence-corrected chi connectivity index (χ0v) is 13.9. The quantitative estimate of drug-likeness (QED) is 0.849. The number of benzene rings is 1. The van der Waals surface area contributed by atoms with E-state index in [1.54, 1.807) is 29.2 Å². The minimum absolute atomic E-state index is 0.0127. The molecule has 1 fully saturated rings. The van der Waals surface area contributed by atoms with E-state index in [4.69, 9.17) is 32.7 Å². The molecule has 5 nitrogen and oxygen atoms in total. The number of ether oxygens (including phenoxy) is 2. The lowest BCUT2D eigenvalue weighted by atomic mass is 10.1. The van der Waals surface area contributed by atoms with Gasteiger partial charge in [-0.2, -0.15) is 9.78 Å². The molecular weight excluding hydrogens is 325 g/mol. The Morgan fingerprint density at radius 3 is 2.86 bits per heavy atom. The van der Waals surface area contributed by atoms with Gasteiger partial charge in [0, 0.05) is 5.02 Å². The van der Waals surface area contributed by atoms with Crippen LogP contribution in [0.1, 0.15) is 31.2 Å². The second kappa shape index (κ2) is 6.16. The molecule has 0 spiro atoms. The lowest BCUT2D eigenvalue weighted by Crippen LogP contribution is -2.37. The van der Waals surface area contributed by atoms with Gasteiger partial charge in [0.05, 0.1) is 23.3 Å². The summed E-state index contributed by atoms with van der Waals surface area (Å²) in [6.07, 6.45) is 3.49. The molecule has 2 aromatic rings. The van der Waals surface area contributed by atoms with Crippen LogP contribution in [0.5, 0.6) is 0 Å². The lowest BCUT2D eigenvalue weighted by Gasteiger charge is -2.29. The van der Waals surface area contributed by atoms with E-state index >= 15 is 0 Å². The summed E-state index contributed by atoms with van der Waals surface area (Å²) in [6.45, 7) is 4.40. The predicted octanol–water partition coefficient (Wildman–Crippen LogP) is 3.77. The SMILES string of the molecule is CCCC1COC(c2ccc(Cl)cc2Cl)(n2cnc(C)n2)O1. The fraction of sp³-hybridized carbons (Fsp3) is 0.467. The van der Waals surface area contributed by atoms with E-state index in [0.717, 1.165) is 12.8 Å². The van der Waals surface area contributed by atoms with E-state index in [0.29, 0.717) is 28.0 Å². The average Bonchev–Trinajstić information content (AvgIpc) is 3.07. The number of halogens is 2. The van der Waals surface area contributed by atoms with Crippen molar-refractivity contribution in [2.75, 3.05) is 6.61 Å². The Bertz CT molecular complexity index is 677. The van der Waals surface area contributed by atoms with Crippen molar-refractivity contribution in [1.29, 1.82) is 0 Å². The van der Waals surface area contributed by atoms with Gasteiger partial charge in [0.25, 0.3) is 0 Å². The fourth-order valence-corrected chi connectivity index (χ4v) is 3.11. The highest BCUT2D eigenvalue weighted by atomic mass is 35.5. The van der Waals surface area contributed by atoms with E-state index in [9.17, 15) is 0 Å². The Hall–Kier alpha value is -1.14. The van der Waals surface area contributed by atoms with Gasteiger partial charge in [-0.25, -0.2) is 4.98 Å². The predicted molar refractivity (Wildman–Crippen MR) is 84.0 cm³/mol. The first-order valence-corrected chi connectivity index (χ1v) is 7.97. The third kappa shape index (κ3) is 2.74. The molecule has 1 aromatic carbocycles. The highest BCUT2D eigenvalue weighted by Gasteiger charge is 2.47. The number of aryl methyl sites for hydroxylation is 1. The van der Waals surface area contributed by atoms with Crippen molar-refractivity contribution < 1.29 is 9.47 Å². The zero-order valence-electron chi connectivity index (χ0n) is 12.4. The molecule has 1 aliphatic heterocycles. The summed E-state index contributed by atoms with van der Waals surface area (Å²) in [5.74, 6) is -0.557. The van der Waals surface area contributed by atoms with Crippen LogP contribution in [-0.2, 0) is 15.4 Å². The zero-order chi connectivity index (χ0) is 15.7. The van der Waals surface area contributed by atoms with Gasteiger partial charge in [-0.3, -0.25) is 0 Å². The van der Waals surface area contributed by atoms with E-state index in [2.05, 4.69) is 17.0 Å². The molecule has 7 heteroatoms. The molecular formula is C15H17Cl2N3O2. The molecule has 0 aliphatic carbocycles. The van der Waals surface area contributed by atoms with Crippen molar-refractivity contribution >= 4 is 23.2 Å². The second-order valence-corrected chi connectivity index (χ2v) is 6.13. The number of aromatic nitrogens is 3. The van der Waals surface area contributed by atoms with Crippen LogP contribution in [0.3, 0.4) is 0 Å². The van der Waals surface area contributed by atoms with Crippen molar-refractivity contribution in [2.24, 2.45) is 0 Å². The van der Waals surface area contributed by atoms with E-state index in [1.165, 1.54) is 0 Å². The molecule has 0 amide bonds. The number of hydrogen-bond donors (Lipinski definition) is 0. The monoisotopic (exact) mass is 341 g/mol. The van der Waals surface area contributed by atoms with Crippen LogP contribution in [0.15, 0.2) is 24.5 Å². The molecule has 0 N–H and O–H groups in total. The molecule has 0 bridgehead atoms. The molecule has 118 valence electrons. The van der Waals surface area contributed by atoms with Gasteiger partial charge in [0.15, 0.2) is 0 Å². The van der Waals surface area contributed by atoms with Gasteiger partial charge in [0.2, 0.25) is 0 Å². The summed E-state index contributed by atoms with van der Waals surface area (Å²) >= 11 is 12.4. The minimum Gasteiger partial charge on any atom is -0.325 e. The first-order chi connectivity index (χ1) is 10.5. The van der Waals surface area contributed by atoms with Gasteiger partial charge >= 0.3 is 5.91 Å². The molecule has 2 unspecified atom stereocenters. The lowest BCUT2D eigenvalue weighted by molar-refractivity contribution is -0.206. The van der Waals surface area contributed by atoms with Crippen LogP contribution in [0, 0.1) is 6.92 Å². The summed E-state index contributed by atoms with van der Waals surface area (Å²) in [4.78, 5) is 4.17. The third-order valence-corrected chi connectivity index (χ3v) is 4.13. The van der Waals surface area contributed by atoms with Gasteiger partial charge in [0.1, 0.15) is 12.2 Å². The minimum atomic E-state index is -1.19. The summed E-state index contributed by atoms with van der Waals surface area (Å²) in [5, 5.41) is 5.39. The Morgan fingerprint density at radius 2 is 2.23 bits per heavy atom. The van der Waals surface area contributed by atoms with E-state index in [1.807, 2.05) is 6.92 Å². The maximum atomic E-state index is 6.37. The molecule has 2 atom stereocenters. The topological polar surface area (TPSA) is 49.2 Å². The Labute approximate surface area is 139 Å². The summed E-state index contributed by atoms with van der Waals surface area (Å²) in [7, 11) is 0. The maximum Gasteiger partial charge on any atom is 0.302 e.